The van der Waals surface area contributed by atoms with Crippen molar-refractivity contribution in [2.45, 2.75) is 13.0 Å². The van der Waals surface area contributed by atoms with Crippen molar-refractivity contribution in [1.29, 1.82) is 0 Å². The summed E-state index contributed by atoms with van der Waals surface area (Å²) in [6, 6.07) is 13.2. The van der Waals surface area contributed by atoms with E-state index in [1.54, 1.807) is 41.0 Å². The Morgan fingerprint density at radius 3 is 2.73 bits per heavy atom. The Hall–Kier alpha value is -3.19. The zero-order chi connectivity index (χ0) is 17.9. The van der Waals surface area contributed by atoms with Crippen molar-refractivity contribution in [2.24, 2.45) is 0 Å². The third kappa shape index (κ3) is 2.82. The number of methoxy groups -OCH3 is 1. The van der Waals surface area contributed by atoms with Gasteiger partial charge < -0.3 is 9.15 Å². The lowest BCUT2D eigenvalue weighted by Gasteiger charge is -2.11. The first-order chi connectivity index (χ1) is 12.8. The lowest BCUT2D eigenvalue weighted by atomic mass is 10.3. The number of hydrogen-bond donors (Lipinski definition) is 0. The van der Waals surface area contributed by atoms with Crippen LogP contribution in [0.4, 0.5) is 0 Å². The lowest BCUT2D eigenvalue weighted by molar-refractivity contribution is 0.190. The highest BCUT2D eigenvalue weighted by atomic mass is 16.5. The fourth-order valence-electron chi connectivity index (χ4n) is 2.93. The van der Waals surface area contributed by atoms with Crippen molar-refractivity contribution in [2.75, 3.05) is 13.7 Å². The molecule has 0 amide bonds. The maximum atomic E-state index is 13.1. The zero-order valence-electron chi connectivity index (χ0n) is 14.3. The molecule has 132 valence electrons. The summed E-state index contributed by atoms with van der Waals surface area (Å²) in [5.74, 6) is 1.03. The molecule has 0 aliphatic rings. The summed E-state index contributed by atoms with van der Waals surface area (Å²) in [6.07, 6.45) is 3.83. The van der Waals surface area contributed by atoms with E-state index in [2.05, 4.69) is 5.10 Å². The van der Waals surface area contributed by atoms with Crippen molar-refractivity contribution in [3.05, 3.63) is 65.3 Å². The highest BCUT2D eigenvalue weighted by molar-refractivity contribution is 5.77. The van der Waals surface area contributed by atoms with Gasteiger partial charge in [-0.25, -0.2) is 9.67 Å². The second kappa shape index (κ2) is 6.97. The molecular formula is C19H18N4O3. The third-order valence-corrected chi connectivity index (χ3v) is 4.16. The van der Waals surface area contributed by atoms with Crippen LogP contribution < -0.4 is 5.56 Å². The van der Waals surface area contributed by atoms with E-state index in [4.69, 9.17) is 14.1 Å². The summed E-state index contributed by atoms with van der Waals surface area (Å²) in [4.78, 5) is 17.8. The van der Waals surface area contributed by atoms with Gasteiger partial charge in [0.1, 0.15) is 5.39 Å². The molecule has 1 aromatic carbocycles. The number of benzene rings is 1. The molecule has 26 heavy (non-hydrogen) atoms. The third-order valence-electron chi connectivity index (χ3n) is 4.16. The van der Waals surface area contributed by atoms with Gasteiger partial charge in [0.25, 0.3) is 5.56 Å². The van der Waals surface area contributed by atoms with Gasteiger partial charge in [-0.3, -0.25) is 9.36 Å². The fraction of sp³-hybridized carbons (Fsp3) is 0.211. The minimum Gasteiger partial charge on any atom is -0.461 e. The number of hydrogen-bond acceptors (Lipinski definition) is 5. The number of para-hydroxylation sites is 1. The topological polar surface area (TPSA) is 75.1 Å². The zero-order valence-corrected chi connectivity index (χ0v) is 14.3. The van der Waals surface area contributed by atoms with E-state index < -0.39 is 0 Å². The molecule has 3 aromatic heterocycles. The first kappa shape index (κ1) is 16.3. The van der Waals surface area contributed by atoms with Crippen molar-refractivity contribution < 1.29 is 9.15 Å². The van der Waals surface area contributed by atoms with Crippen LogP contribution in [0.1, 0.15) is 6.42 Å². The monoisotopic (exact) mass is 350 g/mol. The average molecular weight is 350 g/mol. The average Bonchev–Trinajstić information content (AvgIpc) is 3.34. The van der Waals surface area contributed by atoms with Crippen LogP contribution in [0.3, 0.4) is 0 Å². The molecule has 3 heterocycles. The minimum atomic E-state index is -0.139. The normalized spacial score (nSPS) is 11.3. The highest BCUT2D eigenvalue weighted by Gasteiger charge is 2.18. The summed E-state index contributed by atoms with van der Waals surface area (Å²) in [6.45, 7) is 1.05. The minimum absolute atomic E-state index is 0.139. The number of fused-ring (bicyclic) bond motifs is 1. The van der Waals surface area contributed by atoms with E-state index in [1.165, 1.54) is 0 Å². The molecule has 7 heteroatoms. The number of furan rings is 1. The molecule has 0 bridgehead atoms. The smallest absolute Gasteiger partial charge is 0.265 e. The summed E-state index contributed by atoms with van der Waals surface area (Å²) in [5.41, 5.74) is 1.22. The van der Waals surface area contributed by atoms with Gasteiger partial charge in [-0.1, -0.05) is 18.2 Å². The van der Waals surface area contributed by atoms with Crippen LogP contribution in [0.25, 0.3) is 28.3 Å². The van der Waals surface area contributed by atoms with E-state index in [9.17, 15) is 4.79 Å². The summed E-state index contributed by atoms with van der Waals surface area (Å²) < 4.78 is 13.9. The number of rotatable bonds is 6. The second-order valence-electron chi connectivity index (χ2n) is 5.85. The van der Waals surface area contributed by atoms with Gasteiger partial charge in [-0.2, -0.15) is 5.10 Å². The van der Waals surface area contributed by atoms with Crippen molar-refractivity contribution in [1.82, 2.24) is 19.3 Å². The molecule has 0 saturated carbocycles. The van der Waals surface area contributed by atoms with E-state index in [1.807, 2.05) is 30.3 Å². The van der Waals surface area contributed by atoms with Gasteiger partial charge in [-0.15, -0.1) is 0 Å². The second-order valence-corrected chi connectivity index (χ2v) is 5.85. The Kier molecular flexibility index (Phi) is 4.37. The van der Waals surface area contributed by atoms with E-state index >= 15 is 0 Å². The number of ether oxygens (including phenoxy) is 1. The Morgan fingerprint density at radius 2 is 2.00 bits per heavy atom. The summed E-state index contributed by atoms with van der Waals surface area (Å²) in [7, 11) is 1.64. The molecular weight excluding hydrogens is 332 g/mol. The molecule has 0 unspecified atom stereocenters. The van der Waals surface area contributed by atoms with Crippen LogP contribution in [-0.4, -0.2) is 33.0 Å². The molecule has 0 fully saturated rings. The Bertz CT molecular complexity index is 1070. The predicted octanol–water partition coefficient (Wildman–Crippen LogP) is 2.88. The Balaban J connectivity index is 1.93. The predicted molar refractivity (Wildman–Crippen MR) is 97.3 cm³/mol. The molecule has 0 N–H and O–H groups in total. The van der Waals surface area contributed by atoms with Crippen LogP contribution in [0.2, 0.25) is 0 Å². The molecule has 0 aliphatic carbocycles. The SMILES string of the molecule is COCCCn1c(-c2ccco2)nc2c(cnn2-c2ccccc2)c1=O. The van der Waals surface area contributed by atoms with Gasteiger partial charge in [0.2, 0.25) is 0 Å². The van der Waals surface area contributed by atoms with Gasteiger partial charge in [0.15, 0.2) is 17.2 Å². The van der Waals surface area contributed by atoms with Crippen LogP contribution >= 0.6 is 0 Å². The van der Waals surface area contributed by atoms with Crippen LogP contribution in [-0.2, 0) is 11.3 Å². The molecule has 0 aliphatic heterocycles. The van der Waals surface area contributed by atoms with Crippen molar-refractivity contribution >= 4 is 11.0 Å². The maximum absolute atomic E-state index is 13.1. The van der Waals surface area contributed by atoms with E-state index in [0.717, 1.165) is 5.69 Å². The molecule has 0 radical (unpaired) electrons. The molecule has 0 atom stereocenters. The number of aromatic nitrogens is 4. The van der Waals surface area contributed by atoms with E-state index in [-0.39, 0.29) is 5.56 Å². The van der Waals surface area contributed by atoms with Crippen molar-refractivity contribution in [3.8, 4) is 17.3 Å². The first-order valence-electron chi connectivity index (χ1n) is 8.36. The van der Waals surface area contributed by atoms with E-state index in [0.29, 0.717) is 42.2 Å². The quantitative estimate of drug-likeness (QED) is 0.500. The molecule has 0 spiro atoms. The van der Waals surface area contributed by atoms with Gasteiger partial charge >= 0.3 is 0 Å². The summed E-state index contributed by atoms with van der Waals surface area (Å²) in [5, 5.41) is 4.85. The summed E-state index contributed by atoms with van der Waals surface area (Å²) >= 11 is 0. The fourth-order valence-corrected chi connectivity index (χ4v) is 2.93. The first-order valence-corrected chi connectivity index (χ1v) is 8.36. The lowest BCUT2D eigenvalue weighted by Crippen LogP contribution is -2.24. The molecule has 4 aromatic rings. The van der Waals surface area contributed by atoms with Gasteiger partial charge in [-0.05, 0) is 30.7 Å². The molecule has 0 saturated heterocycles. The molecule has 4 rings (SSSR count). The maximum Gasteiger partial charge on any atom is 0.265 e. The Morgan fingerprint density at radius 1 is 1.15 bits per heavy atom. The number of nitrogens with zero attached hydrogens (tertiary/aromatic N) is 4. The van der Waals surface area contributed by atoms with Gasteiger partial charge in [0.05, 0.1) is 18.1 Å². The standard InChI is InChI=1S/C19H18N4O3/c1-25-11-6-10-22-18(16-9-5-12-26-16)21-17-15(19(22)24)13-20-23(17)14-7-3-2-4-8-14/h2-5,7-9,12-13H,6,10-11H2,1H3. The van der Waals surface area contributed by atoms with Crippen LogP contribution in [0, 0.1) is 0 Å². The van der Waals surface area contributed by atoms with Crippen LogP contribution in [0.15, 0.2) is 64.1 Å². The molecule has 7 nitrogen and oxygen atoms in total. The van der Waals surface area contributed by atoms with Crippen LogP contribution in [0.5, 0.6) is 0 Å². The Labute approximate surface area is 149 Å². The van der Waals surface area contributed by atoms with Crippen molar-refractivity contribution in [3.63, 3.8) is 0 Å². The van der Waals surface area contributed by atoms with Gasteiger partial charge in [0, 0.05) is 20.3 Å². The highest BCUT2D eigenvalue weighted by Crippen LogP contribution is 2.21. The largest absolute Gasteiger partial charge is 0.461 e.